The van der Waals surface area contributed by atoms with E-state index in [0.717, 1.165) is 0 Å². The summed E-state index contributed by atoms with van der Waals surface area (Å²) in [5, 5.41) is 0. The lowest BCUT2D eigenvalue weighted by molar-refractivity contribution is -0.151. The van der Waals surface area contributed by atoms with Crippen molar-refractivity contribution in [2.45, 2.75) is 24.3 Å². The molecule has 2 aromatic rings. The molecule has 0 saturated carbocycles. The first-order valence-electron chi connectivity index (χ1n) is 7.84. The number of ether oxygens (including phenoxy) is 2. The molecule has 0 fully saturated rings. The highest BCUT2D eigenvalue weighted by atomic mass is 32.2. The Kier molecular flexibility index (Phi) is 6.35. The van der Waals surface area contributed by atoms with Gasteiger partial charge in [0.25, 0.3) is 10.0 Å². The number of carbonyl (C=O) groups excluding carboxylic acids is 2. The van der Waals surface area contributed by atoms with Crippen LogP contribution in [0, 0.1) is 0 Å². The van der Waals surface area contributed by atoms with Gasteiger partial charge in [0.1, 0.15) is 0 Å². The van der Waals surface area contributed by atoms with Crippen molar-refractivity contribution in [3.8, 4) is 0 Å². The van der Waals surface area contributed by atoms with E-state index < -0.39 is 28.1 Å². The van der Waals surface area contributed by atoms with Crippen LogP contribution in [0.4, 0.5) is 5.69 Å². The van der Waals surface area contributed by atoms with Crippen molar-refractivity contribution in [1.29, 1.82) is 0 Å². The van der Waals surface area contributed by atoms with Gasteiger partial charge < -0.3 is 9.47 Å². The summed E-state index contributed by atoms with van der Waals surface area (Å²) in [5.74, 6) is -1.40. The number of rotatable bonds is 7. The fourth-order valence-electron chi connectivity index (χ4n) is 2.15. The minimum Gasteiger partial charge on any atom is -0.466 e. The van der Waals surface area contributed by atoms with Gasteiger partial charge in [0.05, 0.1) is 17.6 Å². The van der Waals surface area contributed by atoms with Crippen LogP contribution in [0.2, 0.25) is 0 Å². The monoisotopic (exact) mass is 377 g/mol. The normalized spacial score (nSPS) is 12.1. The van der Waals surface area contributed by atoms with Crippen LogP contribution in [0.5, 0.6) is 0 Å². The quantitative estimate of drug-likeness (QED) is 0.745. The molecular formula is C18H19NO6S. The summed E-state index contributed by atoms with van der Waals surface area (Å²) in [6.07, 6.45) is -0.754. The summed E-state index contributed by atoms with van der Waals surface area (Å²) in [4.78, 5) is 23.8. The molecule has 2 rings (SSSR count). The molecule has 0 heterocycles. The molecule has 0 spiro atoms. The van der Waals surface area contributed by atoms with Crippen molar-refractivity contribution in [2.75, 3.05) is 11.8 Å². The zero-order chi connectivity index (χ0) is 19.2. The average molecular weight is 377 g/mol. The maximum atomic E-state index is 12.3. The number of nitrogens with one attached hydrogen (secondary N) is 1. The van der Waals surface area contributed by atoms with E-state index in [1.807, 2.05) is 0 Å². The molecule has 0 saturated heterocycles. The summed E-state index contributed by atoms with van der Waals surface area (Å²) >= 11 is 0. The van der Waals surface area contributed by atoms with Crippen molar-refractivity contribution >= 4 is 27.6 Å². The van der Waals surface area contributed by atoms with Gasteiger partial charge in [0, 0.05) is 5.69 Å². The highest BCUT2D eigenvalue weighted by Gasteiger charge is 2.23. The maximum Gasteiger partial charge on any atom is 0.347 e. The number of benzene rings is 2. The largest absolute Gasteiger partial charge is 0.466 e. The molecule has 0 amide bonds. The van der Waals surface area contributed by atoms with Crippen molar-refractivity contribution < 1.29 is 27.5 Å². The predicted molar refractivity (Wildman–Crippen MR) is 95.2 cm³/mol. The molecule has 0 aliphatic carbocycles. The Morgan fingerprint density at radius 1 is 1.08 bits per heavy atom. The Bertz CT molecular complexity index is 880. The molecule has 0 unspecified atom stereocenters. The first-order valence-corrected chi connectivity index (χ1v) is 9.32. The molecule has 0 aromatic heterocycles. The Labute approximate surface area is 152 Å². The van der Waals surface area contributed by atoms with E-state index in [9.17, 15) is 18.0 Å². The topological polar surface area (TPSA) is 98.8 Å². The Morgan fingerprint density at radius 2 is 1.77 bits per heavy atom. The van der Waals surface area contributed by atoms with E-state index >= 15 is 0 Å². The Hall–Kier alpha value is -2.87. The molecule has 2 aromatic carbocycles. The third kappa shape index (κ3) is 4.82. The summed E-state index contributed by atoms with van der Waals surface area (Å²) in [7, 11) is -2.57. The van der Waals surface area contributed by atoms with E-state index in [2.05, 4.69) is 9.46 Å². The smallest absolute Gasteiger partial charge is 0.347 e. The molecule has 138 valence electrons. The van der Waals surface area contributed by atoms with Gasteiger partial charge in [-0.05, 0) is 36.8 Å². The van der Waals surface area contributed by atoms with Gasteiger partial charge in [0.2, 0.25) is 0 Å². The van der Waals surface area contributed by atoms with Crippen molar-refractivity contribution in [3.63, 3.8) is 0 Å². The molecule has 1 atom stereocenters. The standard InChI is InChI=1S/C18H19NO6S/c1-3-16(18(21)24-2)25-17(20)13-8-7-9-14(12-13)19-26(22,23)15-10-5-4-6-11-15/h4-12,16,19H,3H2,1-2H3/t16-/m1/s1. The van der Waals surface area contributed by atoms with Gasteiger partial charge in [0.15, 0.2) is 6.10 Å². The second-order valence-electron chi connectivity index (χ2n) is 5.32. The molecule has 0 aliphatic heterocycles. The lowest BCUT2D eigenvalue weighted by atomic mass is 10.2. The highest BCUT2D eigenvalue weighted by molar-refractivity contribution is 7.92. The molecule has 0 aliphatic rings. The van der Waals surface area contributed by atoms with E-state index in [1.165, 1.54) is 43.5 Å². The molecule has 0 bridgehead atoms. The number of hydrogen-bond donors (Lipinski definition) is 1. The lowest BCUT2D eigenvalue weighted by Crippen LogP contribution is -2.27. The minimum absolute atomic E-state index is 0.102. The van der Waals surface area contributed by atoms with Crippen LogP contribution in [0.25, 0.3) is 0 Å². The first kappa shape index (κ1) is 19.5. The van der Waals surface area contributed by atoms with Gasteiger partial charge >= 0.3 is 11.9 Å². The summed E-state index contributed by atoms with van der Waals surface area (Å²) in [5.41, 5.74) is 0.315. The van der Waals surface area contributed by atoms with Crippen molar-refractivity contribution in [2.24, 2.45) is 0 Å². The second kappa shape index (κ2) is 8.48. The fraction of sp³-hybridized carbons (Fsp3) is 0.222. The van der Waals surface area contributed by atoms with Gasteiger partial charge in [-0.15, -0.1) is 0 Å². The van der Waals surface area contributed by atoms with Crippen LogP contribution >= 0.6 is 0 Å². The molecule has 8 heteroatoms. The summed E-state index contributed by atoms with van der Waals surface area (Å²) in [6.45, 7) is 1.68. The number of esters is 2. The number of methoxy groups -OCH3 is 1. The molecular weight excluding hydrogens is 358 g/mol. The van der Waals surface area contributed by atoms with Gasteiger partial charge in [-0.3, -0.25) is 4.72 Å². The zero-order valence-electron chi connectivity index (χ0n) is 14.3. The summed E-state index contributed by atoms with van der Waals surface area (Å²) in [6, 6.07) is 13.7. The van der Waals surface area contributed by atoms with Crippen LogP contribution in [0.3, 0.4) is 0 Å². The molecule has 1 N–H and O–H groups in total. The number of sulfonamides is 1. The van der Waals surface area contributed by atoms with Crippen molar-refractivity contribution in [1.82, 2.24) is 0 Å². The highest BCUT2D eigenvalue weighted by Crippen LogP contribution is 2.18. The van der Waals surface area contributed by atoms with Crippen LogP contribution in [0.1, 0.15) is 23.7 Å². The molecule has 7 nitrogen and oxygen atoms in total. The maximum absolute atomic E-state index is 12.3. The summed E-state index contributed by atoms with van der Waals surface area (Å²) < 4.78 is 36.8. The predicted octanol–water partition coefficient (Wildman–Crippen LogP) is 2.60. The fourth-order valence-corrected chi connectivity index (χ4v) is 3.22. The SMILES string of the molecule is CC[C@@H](OC(=O)c1cccc(NS(=O)(=O)c2ccccc2)c1)C(=O)OC. The zero-order valence-corrected chi connectivity index (χ0v) is 15.2. The van der Waals surface area contributed by atoms with E-state index in [1.54, 1.807) is 25.1 Å². The van der Waals surface area contributed by atoms with Crippen LogP contribution in [-0.2, 0) is 24.3 Å². The van der Waals surface area contributed by atoms with Gasteiger partial charge in [-0.25, -0.2) is 18.0 Å². The van der Waals surface area contributed by atoms with E-state index in [4.69, 9.17) is 4.74 Å². The van der Waals surface area contributed by atoms with Crippen molar-refractivity contribution in [3.05, 3.63) is 60.2 Å². The molecule has 26 heavy (non-hydrogen) atoms. The van der Waals surface area contributed by atoms with Crippen LogP contribution in [0.15, 0.2) is 59.5 Å². The lowest BCUT2D eigenvalue weighted by Gasteiger charge is -2.14. The number of hydrogen-bond acceptors (Lipinski definition) is 6. The Morgan fingerprint density at radius 3 is 2.38 bits per heavy atom. The Balaban J connectivity index is 2.17. The third-order valence-corrected chi connectivity index (χ3v) is 4.89. The first-order chi connectivity index (χ1) is 12.4. The third-order valence-electron chi connectivity index (χ3n) is 3.49. The second-order valence-corrected chi connectivity index (χ2v) is 7.01. The molecule has 0 radical (unpaired) electrons. The van der Waals surface area contributed by atoms with Gasteiger partial charge in [-0.1, -0.05) is 31.2 Å². The number of anilines is 1. The number of carbonyl (C=O) groups is 2. The average Bonchev–Trinajstić information content (AvgIpc) is 2.65. The van der Waals surface area contributed by atoms with E-state index in [0.29, 0.717) is 0 Å². The minimum atomic E-state index is -3.78. The van der Waals surface area contributed by atoms with Crippen LogP contribution in [-0.4, -0.2) is 33.6 Å². The van der Waals surface area contributed by atoms with Gasteiger partial charge in [-0.2, -0.15) is 0 Å². The van der Waals surface area contributed by atoms with E-state index in [-0.39, 0.29) is 22.6 Å². The van der Waals surface area contributed by atoms with Crippen LogP contribution < -0.4 is 4.72 Å².